The van der Waals surface area contributed by atoms with E-state index in [0.717, 1.165) is 33.3 Å². The monoisotopic (exact) mass is 337 g/mol. The fourth-order valence-corrected chi connectivity index (χ4v) is 2.90. The first kappa shape index (κ1) is 16.2. The summed E-state index contributed by atoms with van der Waals surface area (Å²) >= 11 is 0. The summed E-state index contributed by atoms with van der Waals surface area (Å²) in [5.41, 5.74) is 11.0. The Morgan fingerprint density at radius 3 is 2.79 bits per heavy atom. The summed E-state index contributed by atoms with van der Waals surface area (Å²) in [6.45, 7) is 0.451. The third-order valence-electron chi connectivity index (χ3n) is 4.09. The third kappa shape index (κ3) is 2.66. The maximum Gasteiger partial charge on any atom is 0.256 e. The SMILES string of the molecule is Cl.NCc1ccc2c(c1)C(=Cc1ccnc3ccccc13)C(=O)N2. The number of nitrogens with zero attached hydrogens (tertiary/aromatic N) is 1. The Labute approximate surface area is 145 Å². The normalized spacial score (nSPS) is 14.4. The molecule has 1 amide bonds. The van der Waals surface area contributed by atoms with Crippen LogP contribution < -0.4 is 11.1 Å². The van der Waals surface area contributed by atoms with Crippen LogP contribution in [-0.4, -0.2) is 10.9 Å². The van der Waals surface area contributed by atoms with Gasteiger partial charge in [-0.3, -0.25) is 9.78 Å². The molecule has 5 heteroatoms. The lowest BCUT2D eigenvalue weighted by Gasteiger charge is -2.04. The first-order chi connectivity index (χ1) is 11.3. The first-order valence-corrected chi connectivity index (χ1v) is 7.46. The Balaban J connectivity index is 0.00000169. The van der Waals surface area contributed by atoms with Gasteiger partial charge in [-0.05, 0) is 41.5 Å². The van der Waals surface area contributed by atoms with Crippen molar-refractivity contribution in [2.75, 3.05) is 5.32 Å². The lowest BCUT2D eigenvalue weighted by molar-refractivity contribution is -0.110. The largest absolute Gasteiger partial charge is 0.326 e. The van der Waals surface area contributed by atoms with E-state index >= 15 is 0 Å². The van der Waals surface area contributed by atoms with Gasteiger partial charge in [0.05, 0.1) is 5.52 Å². The number of benzene rings is 2. The van der Waals surface area contributed by atoms with Crippen LogP contribution in [0.25, 0.3) is 22.6 Å². The predicted molar refractivity (Wildman–Crippen MR) is 99.8 cm³/mol. The van der Waals surface area contributed by atoms with Gasteiger partial charge in [0.2, 0.25) is 0 Å². The molecule has 0 unspecified atom stereocenters. The van der Waals surface area contributed by atoms with Gasteiger partial charge in [0, 0.05) is 35.0 Å². The van der Waals surface area contributed by atoms with E-state index in [0.29, 0.717) is 12.1 Å². The van der Waals surface area contributed by atoms with Crippen LogP contribution in [0.5, 0.6) is 0 Å². The number of carbonyl (C=O) groups excluding carboxylic acids is 1. The highest BCUT2D eigenvalue weighted by Gasteiger charge is 2.24. The molecular weight excluding hydrogens is 322 g/mol. The molecule has 120 valence electrons. The zero-order valence-corrected chi connectivity index (χ0v) is 13.6. The molecule has 1 aromatic heterocycles. The number of amides is 1. The predicted octanol–water partition coefficient (Wildman–Crippen LogP) is 3.61. The zero-order chi connectivity index (χ0) is 15.8. The van der Waals surface area contributed by atoms with Gasteiger partial charge >= 0.3 is 0 Å². The van der Waals surface area contributed by atoms with Gasteiger partial charge in [0.1, 0.15) is 0 Å². The fraction of sp³-hybridized carbons (Fsp3) is 0.0526. The van der Waals surface area contributed by atoms with Crippen molar-refractivity contribution >= 4 is 46.6 Å². The van der Waals surface area contributed by atoms with E-state index in [1.54, 1.807) is 6.20 Å². The number of para-hydroxylation sites is 1. The molecule has 0 saturated heterocycles. The van der Waals surface area contributed by atoms with Crippen LogP contribution >= 0.6 is 12.4 Å². The van der Waals surface area contributed by atoms with Gasteiger partial charge in [-0.25, -0.2) is 0 Å². The minimum absolute atomic E-state index is 0. The van der Waals surface area contributed by atoms with E-state index in [1.165, 1.54) is 0 Å². The maximum atomic E-state index is 12.3. The number of hydrogen-bond acceptors (Lipinski definition) is 3. The average Bonchev–Trinajstić information content (AvgIpc) is 2.90. The molecule has 0 saturated carbocycles. The van der Waals surface area contributed by atoms with Crippen LogP contribution in [0.4, 0.5) is 5.69 Å². The van der Waals surface area contributed by atoms with Gasteiger partial charge in [-0.15, -0.1) is 12.4 Å². The molecule has 3 N–H and O–H groups in total. The summed E-state index contributed by atoms with van der Waals surface area (Å²) in [4.78, 5) is 16.7. The Morgan fingerprint density at radius 2 is 1.96 bits per heavy atom. The second kappa shape index (κ2) is 6.43. The number of aromatic nitrogens is 1. The Bertz CT molecular complexity index is 960. The second-order valence-corrected chi connectivity index (χ2v) is 5.51. The molecule has 0 spiro atoms. The summed E-state index contributed by atoms with van der Waals surface area (Å²) in [5.74, 6) is -0.0879. The third-order valence-corrected chi connectivity index (χ3v) is 4.09. The number of fused-ring (bicyclic) bond motifs is 2. The Morgan fingerprint density at radius 1 is 1.12 bits per heavy atom. The second-order valence-electron chi connectivity index (χ2n) is 5.51. The average molecular weight is 338 g/mol. The highest BCUT2D eigenvalue weighted by atomic mass is 35.5. The van der Waals surface area contributed by atoms with E-state index < -0.39 is 0 Å². The van der Waals surface area contributed by atoms with Crippen LogP contribution in [0.2, 0.25) is 0 Å². The fourth-order valence-electron chi connectivity index (χ4n) is 2.90. The molecule has 1 aliphatic rings. The molecule has 4 rings (SSSR count). The van der Waals surface area contributed by atoms with Crippen molar-refractivity contribution in [3.63, 3.8) is 0 Å². The van der Waals surface area contributed by atoms with Crippen molar-refractivity contribution in [2.24, 2.45) is 5.73 Å². The summed E-state index contributed by atoms with van der Waals surface area (Å²) in [6, 6.07) is 15.6. The molecule has 2 aromatic carbocycles. The molecule has 3 aromatic rings. The molecule has 24 heavy (non-hydrogen) atoms. The number of hydrogen-bond donors (Lipinski definition) is 2. The minimum Gasteiger partial charge on any atom is -0.326 e. The van der Waals surface area contributed by atoms with Crippen molar-refractivity contribution < 1.29 is 4.79 Å². The highest BCUT2D eigenvalue weighted by molar-refractivity contribution is 6.35. The molecule has 0 radical (unpaired) electrons. The van der Waals surface area contributed by atoms with Crippen molar-refractivity contribution in [1.29, 1.82) is 0 Å². The lowest BCUT2D eigenvalue weighted by atomic mass is 10.00. The molecule has 0 bridgehead atoms. The van der Waals surface area contributed by atoms with Crippen molar-refractivity contribution in [3.8, 4) is 0 Å². The van der Waals surface area contributed by atoms with Gasteiger partial charge in [0.25, 0.3) is 5.91 Å². The molecule has 0 fully saturated rings. The minimum atomic E-state index is -0.0879. The molecule has 4 nitrogen and oxygen atoms in total. The van der Waals surface area contributed by atoms with Crippen LogP contribution in [0.15, 0.2) is 54.7 Å². The number of nitrogens with two attached hydrogens (primary N) is 1. The Kier molecular flexibility index (Phi) is 4.34. The van der Waals surface area contributed by atoms with E-state index in [9.17, 15) is 4.79 Å². The van der Waals surface area contributed by atoms with Crippen LogP contribution in [0.1, 0.15) is 16.7 Å². The summed E-state index contributed by atoms with van der Waals surface area (Å²) in [7, 11) is 0. The molecule has 0 aliphatic carbocycles. The first-order valence-electron chi connectivity index (χ1n) is 7.46. The van der Waals surface area contributed by atoms with Crippen LogP contribution in [0, 0.1) is 0 Å². The number of pyridine rings is 1. The zero-order valence-electron chi connectivity index (χ0n) is 12.8. The summed E-state index contributed by atoms with van der Waals surface area (Å²) < 4.78 is 0. The van der Waals surface area contributed by atoms with Gasteiger partial charge in [-0.2, -0.15) is 0 Å². The molecule has 1 aliphatic heterocycles. The molecule has 0 atom stereocenters. The lowest BCUT2D eigenvalue weighted by Crippen LogP contribution is -2.03. The number of anilines is 1. The van der Waals surface area contributed by atoms with E-state index in [-0.39, 0.29) is 18.3 Å². The van der Waals surface area contributed by atoms with E-state index in [4.69, 9.17) is 5.73 Å². The maximum absolute atomic E-state index is 12.3. The van der Waals surface area contributed by atoms with E-state index in [1.807, 2.05) is 54.6 Å². The van der Waals surface area contributed by atoms with Crippen LogP contribution in [-0.2, 0) is 11.3 Å². The number of nitrogens with one attached hydrogen (secondary N) is 1. The topological polar surface area (TPSA) is 68.0 Å². The Hall–Kier alpha value is -2.69. The van der Waals surface area contributed by atoms with Gasteiger partial charge in [-0.1, -0.05) is 24.3 Å². The number of rotatable bonds is 2. The molecule has 2 heterocycles. The smallest absolute Gasteiger partial charge is 0.256 e. The quantitative estimate of drug-likeness (QED) is 0.702. The summed E-state index contributed by atoms with van der Waals surface area (Å²) in [6.07, 6.45) is 3.68. The highest BCUT2D eigenvalue weighted by Crippen LogP contribution is 2.34. The van der Waals surface area contributed by atoms with Gasteiger partial charge < -0.3 is 11.1 Å². The molecular formula is C19H16ClN3O. The van der Waals surface area contributed by atoms with E-state index in [2.05, 4.69) is 10.3 Å². The van der Waals surface area contributed by atoms with Crippen molar-refractivity contribution in [2.45, 2.75) is 6.54 Å². The standard InChI is InChI=1S/C19H15N3O.ClH/c20-11-12-5-6-18-15(9-12)16(19(23)22-18)10-13-7-8-21-17-4-2-1-3-14(13)17;/h1-10H,11,20H2,(H,22,23);1H. The number of carbonyl (C=O) groups is 1. The summed E-state index contributed by atoms with van der Waals surface area (Å²) in [5, 5.41) is 3.93. The van der Waals surface area contributed by atoms with Crippen LogP contribution in [0.3, 0.4) is 0 Å². The van der Waals surface area contributed by atoms with Crippen molar-refractivity contribution in [1.82, 2.24) is 4.98 Å². The van der Waals surface area contributed by atoms with Gasteiger partial charge in [0.15, 0.2) is 0 Å². The van der Waals surface area contributed by atoms with Crippen molar-refractivity contribution in [3.05, 3.63) is 71.4 Å². The number of halogens is 1.